The van der Waals surface area contributed by atoms with Gasteiger partial charge in [-0.15, -0.1) is 10.2 Å². The molecule has 1 N–H and O–H groups in total. The molecule has 148 valence electrons. The number of fused-ring (bicyclic) bond motifs is 1. The Kier molecular flexibility index (Phi) is 6.07. The molecule has 3 aliphatic rings. The van der Waals surface area contributed by atoms with Crippen LogP contribution in [0.15, 0.2) is 17.1 Å². The van der Waals surface area contributed by atoms with Crippen molar-refractivity contribution in [2.45, 2.75) is 57.5 Å². The molecule has 7 heteroatoms. The van der Waals surface area contributed by atoms with E-state index in [1.54, 1.807) is 0 Å². The summed E-state index contributed by atoms with van der Waals surface area (Å²) in [6.07, 6.45) is 12.7. The summed E-state index contributed by atoms with van der Waals surface area (Å²) in [6.45, 7) is 6.41. The van der Waals surface area contributed by atoms with Crippen molar-refractivity contribution < 1.29 is 0 Å². The molecule has 0 amide bonds. The van der Waals surface area contributed by atoms with Gasteiger partial charge in [-0.05, 0) is 25.7 Å². The van der Waals surface area contributed by atoms with Crippen molar-refractivity contribution in [3.63, 3.8) is 0 Å². The first kappa shape index (κ1) is 18.5. The van der Waals surface area contributed by atoms with Crippen LogP contribution >= 0.6 is 0 Å². The van der Waals surface area contributed by atoms with Crippen molar-refractivity contribution in [1.82, 2.24) is 29.9 Å². The minimum Gasteiger partial charge on any atom is -0.356 e. The van der Waals surface area contributed by atoms with E-state index in [1.165, 1.54) is 31.5 Å². The molecule has 1 fully saturated rings. The van der Waals surface area contributed by atoms with Gasteiger partial charge in [0.15, 0.2) is 5.96 Å². The van der Waals surface area contributed by atoms with Gasteiger partial charge in [-0.3, -0.25) is 9.89 Å². The number of hydrogen-bond donors (Lipinski definition) is 1. The predicted octanol–water partition coefficient (Wildman–Crippen LogP) is 1.46. The molecule has 4 heterocycles. The third-order valence-electron chi connectivity index (χ3n) is 6.08. The molecule has 0 radical (unpaired) electrons. The van der Waals surface area contributed by atoms with Crippen molar-refractivity contribution in [2.75, 3.05) is 39.8 Å². The van der Waals surface area contributed by atoms with Gasteiger partial charge in [-0.1, -0.05) is 18.6 Å². The lowest BCUT2D eigenvalue weighted by Crippen LogP contribution is -2.43. The Morgan fingerprint density at radius 3 is 2.93 bits per heavy atom. The van der Waals surface area contributed by atoms with Gasteiger partial charge in [-0.2, -0.15) is 0 Å². The van der Waals surface area contributed by atoms with Gasteiger partial charge < -0.3 is 14.8 Å². The molecule has 0 bridgehead atoms. The van der Waals surface area contributed by atoms with E-state index in [1.807, 2.05) is 7.05 Å². The first-order valence-electron chi connectivity index (χ1n) is 10.6. The fourth-order valence-electron chi connectivity index (χ4n) is 4.53. The van der Waals surface area contributed by atoms with Crippen molar-refractivity contribution in [3.8, 4) is 0 Å². The zero-order chi connectivity index (χ0) is 18.5. The number of aromatic nitrogens is 3. The Hall–Kier alpha value is -1.89. The van der Waals surface area contributed by atoms with Crippen LogP contribution in [-0.2, 0) is 19.4 Å². The second-order valence-corrected chi connectivity index (χ2v) is 7.89. The molecule has 7 nitrogen and oxygen atoms in total. The molecule has 4 rings (SSSR count). The van der Waals surface area contributed by atoms with Gasteiger partial charge in [0.2, 0.25) is 0 Å². The number of nitrogens with one attached hydrogen (secondary N) is 1. The topological polar surface area (TPSA) is 61.6 Å². The lowest BCUT2D eigenvalue weighted by atomic mass is 10.2. The fourth-order valence-corrected chi connectivity index (χ4v) is 4.53. The lowest BCUT2D eigenvalue weighted by Gasteiger charge is -2.25. The number of rotatable bonds is 5. The number of aryl methyl sites for hydroxylation is 2. The molecule has 27 heavy (non-hydrogen) atoms. The van der Waals surface area contributed by atoms with E-state index in [9.17, 15) is 0 Å². The normalized spacial score (nSPS) is 23.7. The molecule has 1 unspecified atom stereocenters. The van der Waals surface area contributed by atoms with E-state index in [0.717, 1.165) is 70.3 Å². The molecule has 1 aromatic rings. The third kappa shape index (κ3) is 4.34. The van der Waals surface area contributed by atoms with Crippen LogP contribution in [-0.4, -0.2) is 76.3 Å². The van der Waals surface area contributed by atoms with Crippen LogP contribution in [0.3, 0.4) is 0 Å². The summed E-state index contributed by atoms with van der Waals surface area (Å²) in [5.74, 6) is 3.39. The van der Waals surface area contributed by atoms with Crippen LogP contribution in [0.25, 0.3) is 0 Å². The van der Waals surface area contributed by atoms with Gasteiger partial charge >= 0.3 is 0 Å². The number of likely N-dealkylation sites (tertiary alicyclic amines) is 1. The van der Waals surface area contributed by atoms with E-state index < -0.39 is 0 Å². The SMILES string of the molecule is CN=C(NCCCc1nnc2n1CCCCC2)N1CCC(N2CC=CC2)C1. The Morgan fingerprint density at radius 2 is 2.07 bits per heavy atom. The maximum atomic E-state index is 4.51. The second-order valence-electron chi connectivity index (χ2n) is 7.89. The van der Waals surface area contributed by atoms with Gasteiger partial charge in [0, 0.05) is 65.2 Å². The maximum absolute atomic E-state index is 4.51. The molecule has 1 saturated heterocycles. The van der Waals surface area contributed by atoms with Crippen molar-refractivity contribution in [3.05, 3.63) is 23.8 Å². The second kappa shape index (κ2) is 8.87. The monoisotopic (exact) mass is 371 g/mol. The summed E-state index contributed by atoms with van der Waals surface area (Å²) in [5, 5.41) is 12.4. The van der Waals surface area contributed by atoms with E-state index >= 15 is 0 Å². The Morgan fingerprint density at radius 1 is 1.19 bits per heavy atom. The third-order valence-corrected chi connectivity index (χ3v) is 6.08. The van der Waals surface area contributed by atoms with E-state index in [2.05, 4.69) is 47.0 Å². The highest BCUT2D eigenvalue weighted by molar-refractivity contribution is 5.80. The van der Waals surface area contributed by atoms with E-state index in [0.29, 0.717) is 6.04 Å². The van der Waals surface area contributed by atoms with Crippen molar-refractivity contribution >= 4 is 5.96 Å². The maximum Gasteiger partial charge on any atom is 0.193 e. The zero-order valence-electron chi connectivity index (χ0n) is 16.6. The summed E-state index contributed by atoms with van der Waals surface area (Å²) in [7, 11) is 1.89. The van der Waals surface area contributed by atoms with E-state index in [4.69, 9.17) is 0 Å². The molecule has 1 atom stereocenters. The number of nitrogens with zero attached hydrogens (tertiary/aromatic N) is 6. The number of hydrogen-bond acceptors (Lipinski definition) is 4. The molecule has 0 spiro atoms. The highest BCUT2D eigenvalue weighted by Gasteiger charge is 2.29. The fraction of sp³-hybridized carbons (Fsp3) is 0.750. The molecular formula is C20H33N7. The average Bonchev–Trinajstić information content (AvgIpc) is 3.41. The molecule has 1 aromatic heterocycles. The molecule has 0 aromatic carbocycles. The zero-order valence-corrected chi connectivity index (χ0v) is 16.6. The Bertz CT molecular complexity index is 670. The standard InChI is InChI=1S/C20H33N7/c1-21-20(26-15-10-17(16-26)25-12-5-6-13-25)22-11-7-9-19-24-23-18-8-3-2-4-14-27(18)19/h5-6,17H,2-4,7-16H2,1H3,(H,21,22). The van der Waals surface area contributed by atoms with E-state index in [-0.39, 0.29) is 0 Å². The van der Waals surface area contributed by atoms with Gasteiger partial charge in [-0.25, -0.2) is 0 Å². The molecule has 0 aliphatic carbocycles. The summed E-state index contributed by atoms with van der Waals surface area (Å²) < 4.78 is 2.36. The van der Waals surface area contributed by atoms with Crippen molar-refractivity contribution in [2.24, 2.45) is 4.99 Å². The highest BCUT2D eigenvalue weighted by Crippen LogP contribution is 2.18. The smallest absolute Gasteiger partial charge is 0.193 e. The Labute approximate surface area is 162 Å². The summed E-state index contributed by atoms with van der Waals surface area (Å²) >= 11 is 0. The molecule has 0 saturated carbocycles. The quantitative estimate of drug-likeness (QED) is 0.367. The predicted molar refractivity (Wildman–Crippen MR) is 108 cm³/mol. The summed E-state index contributed by atoms with van der Waals surface area (Å²) in [4.78, 5) is 9.48. The molecular weight excluding hydrogens is 338 g/mol. The summed E-state index contributed by atoms with van der Waals surface area (Å²) in [6, 6.07) is 0.657. The van der Waals surface area contributed by atoms with Crippen LogP contribution < -0.4 is 5.32 Å². The summed E-state index contributed by atoms with van der Waals surface area (Å²) in [5.41, 5.74) is 0. The van der Waals surface area contributed by atoms with Crippen molar-refractivity contribution in [1.29, 1.82) is 0 Å². The minimum absolute atomic E-state index is 0.657. The largest absolute Gasteiger partial charge is 0.356 e. The highest BCUT2D eigenvalue weighted by atomic mass is 15.3. The number of aliphatic imine (C=N–C) groups is 1. The number of guanidine groups is 1. The van der Waals surface area contributed by atoms with Gasteiger partial charge in [0.1, 0.15) is 11.6 Å². The average molecular weight is 372 g/mol. The lowest BCUT2D eigenvalue weighted by molar-refractivity contribution is 0.259. The molecule has 3 aliphatic heterocycles. The minimum atomic E-state index is 0.657. The van der Waals surface area contributed by atoms with Crippen LogP contribution in [0.1, 0.15) is 43.8 Å². The van der Waals surface area contributed by atoms with Gasteiger partial charge in [0.05, 0.1) is 0 Å². The van der Waals surface area contributed by atoms with Crippen LogP contribution in [0.4, 0.5) is 0 Å². The Balaban J connectivity index is 1.22. The first-order valence-corrected chi connectivity index (χ1v) is 10.6. The van der Waals surface area contributed by atoms with Crippen LogP contribution in [0.2, 0.25) is 0 Å². The van der Waals surface area contributed by atoms with Gasteiger partial charge in [0.25, 0.3) is 0 Å². The van der Waals surface area contributed by atoms with Crippen LogP contribution in [0.5, 0.6) is 0 Å². The van der Waals surface area contributed by atoms with Crippen LogP contribution in [0, 0.1) is 0 Å². The first-order chi connectivity index (χ1) is 13.3.